The first-order valence-corrected chi connectivity index (χ1v) is 9.49. The smallest absolute Gasteiger partial charge is 0.151 e. The number of hydrogen-bond donors (Lipinski definition) is 1. The minimum atomic E-state index is -3.02. The molecule has 1 N–H and O–H groups in total. The van der Waals surface area contributed by atoms with E-state index in [9.17, 15) is 8.42 Å². The van der Waals surface area contributed by atoms with Gasteiger partial charge in [-0.3, -0.25) is 0 Å². The van der Waals surface area contributed by atoms with Crippen molar-refractivity contribution in [1.82, 2.24) is 5.32 Å². The molecule has 0 spiro atoms. The Morgan fingerprint density at radius 3 is 2.71 bits per heavy atom. The first-order valence-electron chi connectivity index (χ1n) is 7.16. The second-order valence-corrected chi connectivity index (χ2v) is 8.30. The van der Waals surface area contributed by atoms with Gasteiger partial charge in [0.25, 0.3) is 0 Å². The molecule has 21 heavy (non-hydrogen) atoms. The number of methoxy groups -OCH3 is 1. The molecule has 0 aliphatic heterocycles. The molecule has 0 amide bonds. The zero-order valence-corrected chi connectivity index (χ0v) is 14.0. The standard InChI is InChI=1S/C15H22ClNO3S/c1-20-14-8-7-12(16)9-11(14)10-17-13-5-3-4-6-15(13)21(2,18)19/h7-9,13,15,17H,3-6,10H2,1-2H3/t13-,15+/m1/s1. The number of hydrogen-bond acceptors (Lipinski definition) is 4. The summed E-state index contributed by atoms with van der Waals surface area (Å²) in [5, 5.41) is 3.73. The largest absolute Gasteiger partial charge is 0.496 e. The molecule has 0 radical (unpaired) electrons. The van der Waals surface area contributed by atoms with E-state index in [4.69, 9.17) is 16.3 Å². The van der Waals surface area contributed by atoms with Gasteiger partial charge in [-0.05, 0) is 31.0 Å². The molecule has 1 fully saturated rings. The lowest BCUT2D eigenvalue weighted by Gasteiger charge is -2.31. The normalized spacial score (nSPS) is 23.0. The van der Waals surface area contributed by atoms with Crippen LogP contribution in [0.5, 0.6) is 5.75 Å². The van der Waals surface area contributed by atoms with E-state index in [1.807, 2.05) is 12.1 Å². The van der Waals surface area contributed by atoms with Crippen molar-refractivity contribution in [2.24, 2.45) is 0 Å². The predicted molar refractivity (Wildman–Crippen MR) is 85.7 cm³/mol. The van der Waals surface area contributed by atoms with Gasteiger partial charge in [-0.15, -0.1) is 0 Å². The van der Waals surface area contributed by atoms with Crippen molar-refractivity contribution in [3.63, 3.8) is 0 Å². The van der Waals surface area contributed by atoms with Gasteiger partial charge in [-0.25, -0.2) is 8.42 Å². The zero-order chi connectivity index (χ0) is 15.5. The van der Waals surface area contributed by atoms with E-state index in [1.165, 1.54) is 6.26 Å². The molecule has 0 saturated heterocycles. The Bertz CT molecular complexity index is 589. The summed E-state index contributed by atoms with van der Waals surface area (Å²) in [6, 6.07) is 5.46. The SMILES string of the molecule is COc1ccc(Cl)cc1CN[C@@H]1CCCC[C@@H]1S(C)(=O)=O. The van der Waals surface area contributed by atoms with Gasteiger partial charge in [0.15, 0.2) is 9.84 Å². The van der Waals surface area contributed by atoms with Gasteiger partial charge in [-0.1, -0.05) is 24.4 Å². The molecular weight excluding hydrogens is 310 g/mol. The van der Waals surface area contributed by atoms with Crippen LogP contribution in [0.4, 0.5) is 0 Å². The van der Waals surface area contributed by atoms with Gasteiger partial charge in [0.05, 0.1) is 12.4 Å². The Morgan fingerprint density at radius 1 is 1.33 bits per heavy atom. The van der Waals surface area contributed by atoms with Gasteiger partial charge in [0.1, 0.15) is 5.75 Å². The molecule has 6 heteroatoms. The molecule has 118 valence electrons. The summed E-state index contributed by atoms with van der Waals surface area (Å²) in [4.78, 5) is 0. The Hall–Kier alpha value is -0.780. The molecule has 2 atom stereocenters. The van der Waals surface area contributed by atoms with Crippen molar-refractivity contribution in [3.05, 3.63) is 28.8 Å². The molecule has 1 aromatic carbocycles. The fourth-order valence-corrected chi connectivity index (χ4v) is 4.59. The van der Waals surface area contributed by atoms with Crippen LogP contribution in [0.2, 0.25) is 5.02 Å². The highest BCUT2D eigenvalue weighted by molar-refractivity contribution is 7.91. The lowest BCUT2D eigenvalue weighted by molar-refractivity contribution is 0.364. The summed E-state index contributed by atoms with van der Waals surface area (Å²) >= 11 is 6.02. The summed E-state index contributed by atoms with van der Waals surface area (Å²) in [5.74, 6) is 0.763. The second-order valence-electron chi connectivity index (χ2n) is 5.60. The fraction of sp³-hybridized carbons (Fsp3) is 0.600. The van der Waals surface area contributed by atoms with Gasteiger partial charge in [-0.2, -0.15) is 0 Å². The van der Waals surface area contributed by atoms with Crippen molar-refractivity contribution in [2.75, 3.05) is 13.4 Å². The molecule has 0 unspecified atom stereocenters. The number of rotatable bonds is 5. The van der Waals surface area contributed by atoms with Crippen LogP contribution in [-0.2, 0) is 16.4 Å². The van der Waals surface area contributed by atoms with E-state index < -0.39 is 9.84 Å². The Balaban J connectivity index is 2.09. The molecule has 1 saturated carbocycles. The lowest BCUT2D eigenvalue weighted by Crippen LogP contribution is -2.45. The third-order valence-corrected chi connectivity index (χ3v) is 5.95. The molecule has 0 heterocycles. The van der Waals surface area contributed by atoms with Crippen LogP contribution in [-0.4, -0.2) is 33.1 Å². The van der Waals surface area contributed by atoms with Crippen molar-refractivity contribution >= 4 is 21.4 Å². The summed E-state index contributed by atoms with van der Waals surface area (Å²) in [6.45, 7) is 0.556. The second kappa shape index (κ2) is 6.99. The Kier molecular flexibility index (Phi) is 5.52. The molecule has 0 aromatic heterocycles. The third kappa shape index (κ3) is 4.34. The number of sulfone groups is 1. The van der Waals surface area contributed by atoms with Gasteiger partial charge < -0.3 is 10.1 Å². The lowest BCUT2D eigenvalue weighted by atomic mass is 9.94. The number of ether oxygens (including phenoxy) is 1. The fourth-order valence-electron chi connectivity index (χ4n) is 2.97. The first-order chi connectivity index (χ1) is 9.91. The predicted octanol–water partition coefficient (Wildman–Crippen LogP) is 2.79. The monoisotopic (exact) mass is 331 g/mol. The van der Waals surface area contributed by atoms with Crippen LogP contribution in [0.15, 0.2) is 18.2 Å². The van der Waals surface area contributed by atoms with Crippen LogP contribution in [0.25, 0.3) is 0 Å². The van der Waals surface area contributed by atoms with Gasteiger partial charge in [0.2, 0.25) is 0 Å². The van der Waals surface area contributed by atoms with Crippen LogP contribution in [0, 0.1) is 0 Å². The quantitative estimate of drug-likeness (QED) is 0.901. The van der Waals surface area contributed by atoms with Crippen molar-refractivity contribution in [3.8, 4) is 5.75 Å². The highest BCUT2D eigenvalue weighted by Crippen LogP contribution is 2.26. The minimum absolute atomic E-state index is 0.00237. The molecular formula is C15H22ClNO3S. The molecule has 1 aliphatic rings. The van der Waals surface area contributed by atoms with Gasteiger partial charge >= 0.3 is 0 Å². The average molecular weight is 332 g/mol. The molecule has 4 nitrogen and oxygen atoms in total. The van der Waals surface area contributed by atoms with Crippen molar-refractivity contribution in [1.29, 1.82) is 0 Å². The van der Waals surface area contributed by atoms with E-state index in [-0.39, 0.29) is 11.3 Å². The highest BCUT2D eigenvalue weighted by Gasteiger charge is 2.32. The highest BCUT2D eigenvalue weighted by atomic mass is 35.5. The molecule has 1 aromatic rings. The molecule has 0 bridgehead atoms. The van der Waals surface area contributed by atoms with Crippen LogP contribution in [0.3, 0.4) is 0 Å². The summed E-state index contributed by atoms with van der Waals surface area (Å²) in [7, 11) is -1.41. The first kappa shape index (κ1) is 16.6. The number of halogens is 1. The number of benzene rings is 1. The van der Waals surface area contributed by atoms with E-state index in [0.717, 1.165) is 37.0 Å². The minimum Gasteiger partial charge on any atom is -0.496 e. The van der Waals surface area contributed by atoms with Crippen LogP contribution < -0.4 is 10.1 Å². The Labute approximate surface area is 131 Å². The summed E-state index contributed by atoms with van der Waals surface area (Å²) in [6.07, 6.45) is 5.01. The average Bonchev–Trinajstić information content (AvgIpc) is 2.44. The van der Waals surface area contributed by atoms with E-state index in [1.54, 1.807) is 13.2 Å². The van der Waals surface area contributed by atoms with Gasteiger partial charge in [0, 0.05) is 29.4 Å². The van der Waals surface area contributed by atoms with E-state index in [0.29, 0.717) is 11.6 Å². The van der Waals surface area contributed by atoms with Crippen LogP contribution >= 0.6 is 11.6 Å². The number of nitrogens with one attached hydrogen (secondary N) is 1. The Morgan fingerprint density at radius 2 is 2.05 bits per heavy atom. The van der Waals surface area contributed by atoms with Crippen molar-refractivity contribution < 1.29 is 13.2 Å². The van der Waals surface area contributed by atoms with Crippen LogP contribution in [0.1, 0.15) is 31.2 Å². The maximum absolute atomic E-state index is 11.9. The maximum Gasteiger partial charge on any atom is 0.151 e. The van der Waals surface area contributed by atoms with Crippen molar-refractivity contribution in [2.45, 2.75) is 43.5 Å². The molecule has 2 rings (SSSR count). The summed E-state index contributed by atoms with van der Waals surface area (Å²) in [5.41, 5.74) is 0.947. The summed E-state index contributed by atoms with van der Waals surface area (Å²) < 4.78 is 29.1. The zero-order valence-electron chi connectivity index (χ0n) is 12.4. The topological polar surface area (TPSA) is 55.4 Å². The van der Waals surface area contributed by atoms with E-state index >= 15 is 0 Å². The maximum atomic E-state index is 11.9. The molecule has 1 aliphatic carbocycles. The van der Waals surface area contributed by atoms with E-state index in [2.05, 4.69) is 5.32 Å². The third-order valence-electron chi connectivity index (χ3n) is 4.05.